The highest BCUT2D eigenvalue weighted by Gasteiger charge is 2.43. The first-order valence-corrected chi connectivity index (χ1v) is 12.6. The van der Waals surface area contributed by atoms with Gasteiger partial charge in [0.2, 0.25) is 0 Å². The Morgan fingerprint density at radius 1 is 1.00 bits per heavy atom. The van der Waals surface area contributed by atoms with Crippen LogP contribution in [0.3, 0.4) is 0 Å². The van der Waals surface area contributed by atoms with Crippen molar-refractivity contribution in [2.75, 3.05) is 40.4 Å². The third-order valence-electron chi connectivity index (χ3n) is 6.21. The minimum atomic E-state index is -3.95. The van der Waals surface area contributed by atoms with E-state index in [1.165, 1.54) is 18.2 Å². The summed E-state index contributed by atoms with van der Waals surface area (Å²) in [4.78, 5) is 29.5. The number of hydrogen-bond acceptors (Lipinski definition) is 7. The van der Waals surface area contributed by atoms with Gasteiger partial charge in [0.05, 0.1) is 19.8 Å². The Kier molecular flexibility index (Phi) is 6.55. The molecule has 2 aromatic rings. The summed E-state index contributed by atoms with van der Waals surface area (Å²) in [5, 5.41) is 0. The molecule has 182 valence electrons. The van der Waals surface area contributed by atoms with Crippen molar-refractivity contribution in [1.29, 1.82) is 0 Å². The normalized spacial score (nSPS) is 17.7. The van der Waals surface area contributed by atoms with E-state index in [2.05, 4.69) is 4.90 Å². The van der Waals surface area contributed by atoms with Gasteiger partial charge >= 0.3 is 0 Å². The zero-order valence-electron chi connectivity index (χ0n) is 19.8. The van der Waals surface area contributed by atoms with Crippen molar-refractivity contribution in [2.24, 2.45) is 0 Å². The van der Waals surface area contributed by atoms with Crippen LogP contribution >= 0.6 is 0 Å². The molecule has 2 aliphatic heterocycles. The fourth-order valence-corrected chi connectivity index (χ4v) is 6.22. The minimum Gasteiger partial charge on any atom is -0.497 e. The molecule has 0 aromatic heterocycles. The Morgan fingerprint density at radius 3 is 2.32 bits per heavy atom. The monoisotopic (exact) mass is 487 g/mol. The van der Waals surface area contributed by atoms with Crippen molar-refractivity contribution in [3.63, 3.8) is 0 Å². The summed E-state index contributed by atoms with van der Waals surface area (Å²) in [7, 11) is -0.702. The highest BCUT2D eigenvalue weighted by Crippen LogP contribution is 2.33. The maximum atomic E-state index is 13.1. The molecule has 1 saturated heterocycles. The molecule has 2 heterocycles. The van der Waals surface area contributed by atoms with Crippen molar-refractivity contribution in [2.45, 2.75) is 31.3 Å². The molecule has 34 heavy (non-hydrogen) atoms. The van der Waals surface area contributed by atoms with Gasteiger partial charge in [0.15, 0.2) is 0 Å². The molecule has 0 N–H and O–H groups in total. The van der Waals surface area contributed by atoms with E-state index in [1.807, 2.05) is 18.2 Å². The zero-order chi connectivity index (χ0) is 24.6. The number of amides is 2. The standard InChI is InChI=1S/C24H29N3O6S/c1-16(2)27-24(29)20-7-5-17(14-22(20)34(27,30)31)23(28)26-11-9-25(10-12-26)15-18-13-19(32-3)6-8-21(18)33-4/h5-8,13-14,16H,9-12,15H2,1-4H3. The number of hydrogen-bond donors (Lipinski definition) is 0. The van der Waals surface area contributed by atoms with Gasteiger partial charge in [-0.3, -0.25) is 14.5 Å². The van der Waals surface area contributed by atoms with E-state index >= 15 is 0 Å². The molecular formula is C24H29N3O6S. The van der Waals surface area contributed by atoms with Crippen LogP contribution in [0.25, 0.3) is 0 Å². The molecule has 0 bridgehead atoms. The van der Waals surface area contributed by atoms with Crippen LogP contribution in [0.5, 0.6) is 11.5 Å². The van der Waals surface area contributed by atoms with Crippen LogP contribution in [0.1, 0.15) is 40.1 Å². The number of ether oxygens (including phenoxy) is 2. The summed E-state index contributed by atoms with van der Waals surface area (Å²) in [6, 6.07) is 9.48. The Bertz CT molecular complexity index is 1220. The van der Waals surface area contributed by atoms with Gasteiger partial charge in [-0.05, 0) is 50.2 Å². The number of rotatable bonds is 6. The van der Waals surface area contributed by atoms with Gasteiger partial charge in [0.1, 0.15) is 16.4 Å². The number of sulfonamides is 1. The van der Waals surface area contributed by atoms with E-state index in [-0.39, 0.29) is 21.9 Å². The van der Waals surface area contributed by atoms with Crippen molar-refractivity contribution >= 4 is 21.8 Å². The Hall–Kier alpha value is -3.11. The number of nitrogens with zero attached hydrogens (tertiary/aromatic N) is 3. The second kappa shape index (κ2) is 9.27. The van der Waals surface area contributed by atoms with E-state index < -0.39 is 22.0 Å². The van der Waals surface area contributed by atoms with Crippen LogP contribution in [0.15, 0.2) is 41.3 Å². The Balaban J connectivity index is 1.45. The third kappa shape index (κ3) is 4.23. The molecular weight excluding hydrogens is 458 g/mol. The number of benzene rings is 2. The van der Waals surface area contributed by atoms with Crippen LogP contribution in [-0.4, -0.2) is 80.8 Å². The predicted octanol–water partition coefficient (Wildman–Crippen LogP) is 2.21. The first kappa shape index (κ1) is 24.0. The maximum Gasteiger partial charge on any atom is 0.269 e. The lowest BCUT2D eigenvalue weighted by atomic mass is 10.1. The van der Waals surface area contributed by atoms with E-state index in [9.17, 15) is 18.0 Å². The maximum absolute atomic E-state index is 13.1. The first-order valence-electron chi connectivity index (χ1n) is 11.1. The fourth-order valence-electron chi connectivity index (χ4n) is 4.43. The molecule has 1 fully saturated rings. The van der Waals surface area contributed by atoms with Crippen molar-refractivity contribution in [3.8, 4) is 11.5 Å². The summed E-state index contributed by atoms with van der Waals surface area (Å²) in [5.74, 6) is 0.743. The van der Waals surface area contributed by atoms with Gasteiger partial charge in [-0.2, -0.15) is 0 Å². The number of carbonyl (C=O) groups is 2. The molecule has 0 atom stereocenters. The fraction of sp³-hybridized carbons (Fsp3) is 0.417. The van der Waals surface area contributed by atoms with Crippen LogP contribution in [-0.2, 0) is 16.6 Å². The lowest BCUT2D eigenvalue weighted by Crippen LogP contribution is -2.48. The van der Waals surface area contributed by atoms with Crippen LogP contribution in [0.4, 0.5) is 0 Å². The van der Waals surface area contributed by atoms with Gasteiger partial charge < -0.3 is 14.4 Å². The zero-order valence-corrected chi connectivity index (χ0v) is 20.6. The summed E-state index contributed by atoms with van der Waals surface area (Å²) in [6.45, 7) is 6.29. The minimum absolute atomic E-state index is 0.0965. The first-order chi connectivity index (χ1) is 16.2. The van der Waals surface area contributed by atoms with Crippen LogP contribution in [0, 0.1) is 0 Å². The molecule has 9 nitrogen and oxygen atoms in total. The topological polar surface area (TPSA) is 96.5 Å². The SMILES string of the molecule is COc1ccc(OC)c(CN2CCN(C(=O)c3ccc4c(c3)S(=O)(=O)N(C(C)C)C4=O)CC2)c1. The number of fused-ring (bicyclic) bond motifs is 1. The van der Waals surface area contributed by atoms with E-state index in [1.54, 1.807) is 33.0 Å². The molecule has 0 saturated carbocycles. The quantitative estimate of drug-likeness (QED) is 0.616. The molecule has 0 radical (unpaired) electrons. The molecule has 2 amide bonds. The molecule has 2 aliphatic rings. The summed E-state index contributed by atoms with van der Waals surface area (Å²) in [5.41, 5.74) is 1.38. The Morgan fingerprint density at radius 2 is 1.71 bits per heavy atom. The highest BCUT2D eigenvalue weighted by atomic mass is 32.2. The lowest BCUT2D eigenvalue weighted by Gasteiger charge is -2.35. The third-order valence-corrected chi connectivity index (χ3v) is 8.20. The largest absolute Gasteiger partial charge is 0.497 e. The van der Waals surface area contributed by atoms with Gasteiger partial charge in [-0.1, -0.05) is 0 Å². The van der Waals surface area contributed by atoms with Crippen LogP contribution < -0.4 is 9.47 Å². The van der Waals surface area contributed by atoms with Gasteiger partial charge in [-0.25, -0.2) is 12.7 Å². The average molecular weight is 488 g/mol. The summed E-state index contributed by atoms with van der Waals surface area (Å²) >= 11 is 0. The van der Waals surface area contributed by atoms with E-state index in [0.717, 1.165) is 21.4 Å². The number of piperazine rings is 1. The summed E-state index contributed by atoms with van der Waals surface area (Å²) in [6.07, 6.45) is 0. The molecule has 0 spiro atoms. The lowest BCUT2D eigenvalue weighted by molar-refractivity contribution is 0.0626. The molecule has 10 heteroatoms. The smallest absolute Gasteiger partial charge is 0.269 e. The molecule has 0 aliphatic carbocycles. The van der Waals surface area contributed by atoms with E-state index in [4.69, 9.17) is 9.47 Å². The van der Waals surface area contributed by atoms with Crippen molar-refractivity contribution in [1.82, 2.24) is 14.1 Å². The van der Waals surface area contributed by atoms with Gasteiger partial charge in [-0.15, -0.1) is 0 Å². The predicted molar refractivity (Wildman–Crippen MR) is 126 cm³/mol. The Labute approximate surface area is 199 Å². The van der Waals surface area contributed by atoms with Crippen molar-refractivity contribution in [3.05, 3.63) is 53.1 Å². The van der Waals surface area contributed by atoms with Crippen LogP contribution in [0.2, 0.25) is 0 Å². The molecule has 0 unspecified atom stereocenters. The van der Waals surface area contributed by atoms with Gasteiger partial charge in [0.25, 0.3) is 21.8 Å². The summed E-state index contributed by atoms with van der Waals surface area (Å²) < 4.78 is 37.4. The van der Waals surface area contributed by atoms with E-state index in [0.29, 0.717) is 32.7 Å². The molecule has 4 rings (SSSR count). The number of methoxy groups -OCH3 is 2. The van der Waals surface area contributed by atoms with Crippen molar-refractivity contribution < 1.29 is 27.5 Å². The second-order valence-corrected chi connectivity index (χ2v) is 10.4. The number of carbonyl (C=O) groups excluding carboxylic acids is 2. The average Bonchev–Trinajstić information content (AvgIpc) is 3.03. The highest BCUT2D eigenvalue weighted by molar-refractivity contribution is 7.90. The molecule has 2 aromatic carbocycles. The van der Waals surface area contributed by atoms with Gasteiger partial charge in [0, 0.05) is 49.9 Å². The second-order valence-electron chi connectivity index (χ2n) is 8.66.